The highest BCUT2D eigenvalue weighted by molar-refractivity contribution is 5.87. The van der Waals surface area contributed by atoms with Crippen LogP contribution in [-0.4, -0.2) is 40.0 Å². The molecule has 0 radical (unpaired) electrons. The molecule has 5 rings (SSSR count). The zero-order chi connectivity index (χ0) is 20.0. The van der Waals surface area contributed by atoms with Crippen LogP contribution >= 0.6 is 0 Å². The third-order valence-electron chi connectivity index (χ3n) is 5.25. The number of hydrogen-bond donors (Lipinski definition) is 1. The number of carbonyl (C=O) groups is 2. The van der Waals surface area contributed by atoms with E-state index in [0.717, 1.165) is 35.1 Å². The molecule has 1 saturated carbocycles. The highest BCUT2D eigenvalue weighted by Crippen LogP contribution is 2.44. The molecule has 1 fully saturated rings. The molecular weight excluding hydrogens is 374 g/mol. The van der Waals surface area contributed by atoms with E-state index in [-0.39, 0.29) is 24.6 Å². The van der Waals surface area contributed by atoms with Gasteiger partial charge < -0.3 is 14.3 Å². The first kappa shape index (κ1) is 17.4. The van der Waals surface area contributed by atoms with E-state index in [1.54, 1.807) is 0 Å². The summed E-state index contributed by atoms with van der Waals surface area (Å²) >= 11 is 0. The highest BCUT2D eigenvalue weighted by Gasteiger charge is 2.39. The van der Waals surface area contributed by atoms with Gasteiger partial charge in [0, 0.05) is 12.0 Å². The Morgan fingerprint density at radius 3 is 2.21 bits per heavy atom. The SMILES string of the molecule is O=C(O)c1nnc(N(C(=O)OCC2c3ccccc3-c3ccccc32)C2CC2)o1. The second kappa shape index (κ2) is 6.73. The molecule has 2 aromatic carbocycles. The first-order chi connectivity index (χ1) is 14.1. The molecule has 29 heavy (non-hydrogen) atoms. The number of benzene rings is 2. The van der Waals surface area contributed by atoms with Crippen molar-refractivity contribution in [1.29, 1.82) is 0 Å². The van der Waals surface area contributed by atoms with E-state index in [0.29, 0.717) is 0 Å². The maximum absolute atomic E-state index is 12.8. The first-order valence-corrected chi connectivity index (χ1v) is 9.34. The lowest BCUT2D eigenvalue weighted by Gasteiger charge is -2.19. The van der Waals surface area contributed by atoms with Crippen LogP contribution in [0.1, 0.15) is 40.6 Å². The minimum atomic E-state index is -1.34. The minimum Gasteiger partial charge on any atom is -0.474 e. The van der Waals surface area contributed by atoms with E-state index in [4.69, 9.17) is 14.3 Å². The summed E-state index contributed by atoms with van der Waals surface area (Å²) in [6.45, 7) is 0.163. The van der Waals surface area contributed by atoms with Crippen molar-refractivity contribution in [1.82, 2.24) is 10.2 Å². The summed E-state index contributed by atoms with van der Waals surface area (Å²) in [4.78, 5) is 25.1. The molecule has 1 heterocycles. The Morgan fingerprint density at radius 1 is 1.03 bits per heavy atom. The number of rotatable bonds is 5. The molecule has 0 spiro atoms. The second-order valence-electron chi connectivity index (χ2n) is 7.10. The van der Waals surface area contributed by atoms with Gasteiger partial charge in [-0.25, -0.2) is 14.5 Å². The van der Waals surface area contributed by atoms with Gasteiger partial charge in [-0.15, -0.1) is 0 Å². The highest BCUT2D eigenvalue weighted by atomic mass is 16.6. The maximum Gasteiger partial charge on any atom is 0.418 e. The smallest absolute Gasteiger partial charge is 0.418 e. The van der Waals surface area contributed by atoms with E-state index in [9.17, 15) is 9.59 Å². The predicted octanol–water partition coefficient (Wildman–Crippen LogP) is 3.69. The summed E-state index contributed by atoms with van der Waals surface area (Å²) in [5.41, 5.74) is 4.52. The number of aromatic carboxylic acids is 1. The lowest BCUT2D eigenvalue weighted by molar-refractivity contribution is 0.0653. The van der Waals surface area contributed by atoms with Crippen LogP contribution in [0.3, 0.4) is 0 Å². The normalized spacial score (nSPS) is 14.9. The van der Waals surface area contributed by atoms with Crippen molar-refractivity contribution in [3.8, 4) is 11.1 Å². The molecule has 2 aliphatic rings. The Hall–Kier alpha value is -3.68. The van der Waals surface area contributed by atoms with E-state index in [2.05, 4.69) is 22.3 Å². The Balaban J connectivity index is 1.37. The van der Waals surface area contributed by atoms with Gasteiger partial charge in [-0.1, -0.05) is 58.7 Å². The Morgan fingerprint density at radius 2 is 1.66 bits per heavy atom. The average molecular weight is 391 g/mol. The summed E-state index contributed by atoms with van der Waals surface area (Å²) in [6, 6.07) is 15.9. The summed E-state index contributed by atoms with van der Waals surface area (Å²) in [6.07, 6.45) is 0.930. The third kappa shape index (κ3) is 3.02. The number of fused-ring (bicyclic) bond motifs is 3. The quantitative estimate of drug-likeness (QED) is 0.707. The van der Waals surface area contributed by atoms with Crippen LogP contribution in [0.2, 0.25) is 0 Å². The third-order valence-corrected chi connectivity index (χ3v) is 5.25. The van der Waals surface area contributed by atoms with E-state index >= 15 is 0 Å². The molecule has 2 aliphatic carbocycles. The van der Waals surface area contributed by atoms with Crippen molar-refractivity contribution < 1.29 is 23.8 Å². The fraction of sp³-hybridized carbons (Fsp3) is 0.238. The molecule has 0 unspecified atom stereocenters. The van der Waals surface area contributed by atoms with Crippen molar-refractivity contribution in [2.75, 3.05) is 11.5 Å². The molecule has 1 amide bonds. The lowest BCUT2D eigenvalue weighted by Crippen LogP contribution is -2.34. The van der Waals surface area contributed by atoms with Crippen molar-refractivity contribution in [2.24, 2.45) is 0 Å². The van der Waals surface area contributed by atoms with Crippen LogP contribution < -0.4 is 4.90 Å². The van der Waals surface area contributed by atoms with Crippen molar-refractivity contribution in [3.05, 3.63) is 65.5 Å². The molecule has 1 aromatic heterocycles. The fourth-order valence-electron chi connectivity index (χ4n) is 3.78. The van der Waals surface area contributed by atoms with E-state index in [1.165, 1.54) is 4.90 Å². The van der Waals surface area contributed by atoms with Crippen molar-refractivity contribution in [2.45, 2.75) is 24.8 Å². The van der Waals surface area contributed by atoms with Gasteiger partial charge in [0.1, 0.15) is 6.61 Å². The van der Waals surface area contributed by atoms with Crippen molar-refractivity contribution >= 4 is 18.1 Å². The summed E-state index contributed by atoms with van der Waals surface area (Å²) < 4.78 is 10.8. The zero-order valence-corrected chi connectivity index (χ0v) is 15.3. The van der Waals surface area contributed by atoms with E-state index < -0.39 is 18.0 Å². The maximum atomic E-state index is 12.8. The standard InChI is InChI=1S/C21H17N3O5/c25-19(26)18-22-23-20(29-18)24(12-9-10-12)21(27)28-11-17-15-7-3-1-5-13(15)14-6-2-4-8-16(14)17/h1-8,12,17H,9-11H2,(H,25,26). The molecule has 0 aliphatic heterocycles. The van der Waals surface area contributed by atoms with Crippen LogP contribution in [0.4, 0.5) is 10.8 Å². The van der Waals surface area contributed by atoms with Crippen LogP contribution in [0.15, 0.2) is 52.9 Å². The summed E-state index contributed by atoms with van der Waals surface area (Å²) in [7, 11) is 0. The Bertz CT molecular complexity index is 1060. The summed E-state index contributed by atoms with van der Waals surface area (Å²) in [5, 5.41) is 16.1. The van der Waals surface area contributed by atoms with Gasteiger partial charge in [0.2, 0.25) is 0 Å². The Kier molecular flexibility index (Phi) is 4.04. The number of nitrogens with zero attached hydrogens (tertiary/aromatic N) is 3. The largest absolute Gasteiger partial charge is 0.474 e. The van der Waals surface area contributed by atoms with Crippen LogP contribution in [0.25, 0.3) is 11.1 Å². The van der Waals surface area contributed by atoms with Crippen molar-refractivity contribution in [3.63, 3.8) is 0 Å². The monoisotopic (exact) mass is 391 g/mol. The molecule has 1 N–H and O–H groups in total. The van der Waals surface area contributed by atoms with Crippen LogP contribution in [-0.2, 0) is 4.74 Å². The number of amides is 1. The number of carboxylic acids is 1. The van der Waals surface area contributed by atoms with Gasteiger partial charge in [0.25, 0.3) is 0 Å². The number of carboxylic acid groups (broad SMARTS) is 1. The van der Waals surface area contributed by atoms with Gasteiger partial charge in [0.05, 0.1) is 0 Å². The number of hydrogen-bond acceptors (Lipinski definition) is 6. The van der Waals surface area contributed by atoms with E-state index in [1.807, 2.05) is 36.4 Å². The number of carbonyl (C=O) groups excluding carboxylic acids is 1. The van der Waals surface area contributed by atoms with Gasteiger partial charge >= 0.3 is 24.0 Å². The lowest BCUT2D eigenvalue weighted by atomic mass is 9.98. The molecule has 0 bridgehead atoms. The number of aromatic nitrogens is 2. The van der Waals surface area contributed by atoms with Crippen LogP contribution in [0.5, 0.6) is 0 Å². The average Bonchev–Trinajstić information content (AvgIpc) is 3.34. The molecular formula is C21H17N3O5. The number of ether oxygens (including phenoxy) is 1. The van der Waals surface area contributed by atoms with Gasteiger partial charge in [-0.2, -0.15) is 0 Å². The van der Waals surface area contributed by atoms with Crippen LogP contribution in [0, 0.1) is 0 Å². The van der Waals surface area contributed by atoms with Gasteiger partial charge in [-0.05, 0) is 35.1 Å². The second-order valence-corrected chi connectivity index (χ2v) is 7.10. The molecule has 146 valence electrons. The van der Waals surface area contributed by atoms with Gasteiger partial charge in [-0.3, -0.25) is 0 Å². The molecule has 8 nitrogen and oxygen atoms in total. The molecule has 8 heteroatoms. The molecule has 0 atom stereocenters. The zero-order valence-electron chi connectivity index (χ0n) is 15.3. The summed E-state index contributed by atoms with van der Waals surface area (Å²) in [5.74, 6) is -1.96. The Labute approximate surface area is 165 Å². The van der Waals surface area contributed by atoms with Gasteiger partial charge in [0.15, 0.2) is 0 Å². The minimum absolute atomic E-state index is 0.0651. The topological polar surface area (TPSA) is 106 Å². The molecule has 3 aromatic rings. The molecule has 0 saturated heterocycles. The predicted molar refractivity (Wildman–Crippen MR) is 102 cm³/mol. The number of anilines is 1. The first-order valence-electron chi connectivity index (χ1n) is 9.34. The fourth-order valence-corrected chi connectivity index (χ4v) is 3.78.